The third-order valence-electron chi connectivity index (χ3n) is 8.13. The zero-order valence-corrected chi connectivity index (χ0v) is 28.8. The quantitative estimate of drug-likeness (QED) is 0.220. The number of nitrogens with zero attached hydrogens (tertiary/aromatic N) is 2. The van der Waals surface area contributed by atoms with Gasteiger partial charge in [-0.25, -0.2) is 0 Å². The minimum Gasteiger partial charge on any atom is -0.508 e. The molecule has 11 heteroatoms. The van der Waals surface area contributed by atoms with Crippen LogP contribution in [0.25, 0.3) is 0 Å². The van der Waals surface area contributed by atoms with Crippen LogP contribution < -0.4 is 5.32 Å². The Labute approximate surface area is 278 Å². The molecule has 45 heavy (non-hydrogen) atoms. The lowest BCUT2D eigenvalue weighted by atomic mass is 9.94. The van der Waals surface area contributed by atoms with Crippen LogP contribution in [-0.2, 0) is 25.6 Å². The summed E-state index contributed by atoms with van der Waals surface area (Å²) >= 11 is 1.99. The monoisotopic (exact) mass is 733 g/mol. The Balaban J connectivity index is 2.00. The molecule has 0 aliphatic carbocycles. The van der Waals surface area contributed by atoms with Crippen molar-refractivity contribution >= 4 is 46.2 Å². The van der Waals surface area contributed by atoms with Crippen LogP contribution in [0.4, 0.5) is 0 Å². The van der Waals surface area contributed by atoms with Gasteiger partial charge in [-0.05, 0) is 97.5 Å². The predicted molar refractivity (Wildman–Crippen MR) is 179 cm³/mol. The highest BCUT2D eigenvalue weighted by Gasteiger charge is 2.41. The van der Waals surface area contributed by atoms with E-state index >= 15 is 0 Å². The van der Waals surface area contributed by atoms with Gasteiger partial charge in [-0.1, -0.05) is 43.7 Å². The van der Waals surface area contributed by atoms with Crippen molar-refractivity contribution in [2.45, 2.75) is 84.5 Å². The van der Waals surface area contributed by atoms with Crippen LogP contribution in [-0.4, -0.2) is 74.0 Å². The molecule has 1 fully saturated rings. The van der Waals surface area contributed by atoms with Gasteiger partial charge in [0.05, 0.1) is 22.1 Å². The fourth-order valence-electron chi connectivity index (χ4n) is 5.86. The zero-order valence-electron chi connectivity index (χ0n) is 26.7. The van der Waals surface area contributed by atoms with Gasteiger partial charge < -0.3 is 25.5 Å². The number of aliphatic hydroxyl groups is 1. The number of aliphatic hydroxyl groups excluding tert-OH is 1. The lowest BCUT2D eigenvalue weighted by Gasteiger charge is -2.37. The van der Waals surface area contributed by atoms with Crippen LogP contribution in [0.15, 0.2) is 54.1 Å². The SMILES string of the molecule is CC(=CC(C)CC(C)O)CC(C)C(=O)N1C(=O)CC(c2ccc(O)cc2)NC(=O)C(Cc2ccc(O)c(I)c2)N(C)C(=O)C1C. The molecule has 2 aromatic carbocycles. The lowest BCUT2D eigenvalue weighted by Crippen LogP contribution is -2.59. The number of allylic oxidation sites excluding steroid dienone is 2. The van der Waals surface area contributed by atoms with Crippen molar-refractivity contribution in [3.8, 4) is 11.5 Å². The van der Waals surface area contributed by atoms with Crippen LogP contribution in [0.3, 0.4) is 0 Å². The first-order valence-corrected chi connectivity index (χ1v) is 16.2. The van der Waals surface area contributed by atoms with Gasteiger partial charge in [0, 0.05) is 19.4 Å². The van der Waals surface area contributed by atoms with Gasteiger partial charge in [-0.15, -0.1) is 0 Å². The van der Waals surface area contributed by atoms with E-state index in [9.17, 15) is 34.5 Å². The minimum absolute atomic E-state index is 0.0202. The highest BCUT2D eigenvalue weighted by atomic mass is 127. The first-order chi connectivity index (χ1) is 21.1. The van der Waals surface area contributed by atoms with E-state index in [1.165, 1.54) is 37.1 Å². The Morgan fingerprint density at radius 2 is 1.73 bits per heavy atom. The molecule has 1 aliphatic rings. The fourth-order valence-corrected chi connectivity index (χ4v) is 6.44. The van der Waals surface area contributed by atoms with Crippen molar-refractivity contribution < 1.29 is 34.5 Å². The number of amides is 4. The Bertz CT molecular complexity index is 1430. The lowest BCUT2D eigenvalue weighted by molar-refractivity contribution is -0.158. The van der Waals surface area contributed by atoms with Crippen LogP contribution >= 0.6 is 22.6 Å². The van der Waals surface area contributed by atoms with E-state index in [1.54, 1.807) is 38.1 Å². The second-order valence-electron chi connectivity index (χ2n) is 12.3. The third kappa shape index (κ3) is 9.52. The van der Waals surface area contributed by atoms with E-state index in [-0.39, 0.29) is 30.3 Å². The molecule has 0 spiro atoms. The van der Waals surface area contributed by atoms with Gasteiger partial charge in [0.25, 0.3) is 0 Å². The molecule has 10 nitrogen and oxygen atoms in total. The largest absolute Gasteiger partial charge is 0.508 e. The van der Waals surface area contributed by atoms with Crippen LogP contribution in [0.2, 0.25) is 0 Å². The molecular weight excluding hydrogens is 689 g/mol. The Kier molecular flexibility index (Phi) is 12.6. The summed E-state index contributed by atoms with van der Waals surface area (Å²) in [6.45, 7) is 8.84. The van der Waals surface area contributed by atoms with Crippen LogP contribution in [0.5, 0.6) is 11.5 Å². The van der Waals surface area contributed by atoms with Crippen LogP contribution in [0, 0.1) is 15.4 Å². The molecule has 6 atom stereocenters. The summed E-state index contributed by atoms with van der Waals surface area (Å²) in [6, 6.07) is 8.07. The highest BCUT2D eigenvalue weighted by Crippen LogP contribution is 2.27. The summed E-state index contributed by atoms with van der Waals surface area (Å²) in [4.78, 5) is 57.8. The molecular formula is C34H44IN3O7. The summed E-state index contributed by atoms with van der Waals surface area (Å²) in [5, 5.41) is 32.5. The molecule has 0 bridgehead atoms. The highest BCUT2D eigenvalue weighted by molar-refractivity contribution is 14.1. The van der Waals surface area contributed by atoms with E-state index in [0.29, 0.717) is 27.5 Å². The van der Waals surface area contributed by atoms with Gasteiger partial charge in [0.15, 0.2) is 0 Å². The summed E-state index contributed by atoms with van der Waals surface area (Å²) in [6.07, 6.45) is 2.35. The molecule has 6 unspecified atom stereocenters. The smallest absolute Gasteiger partial charge is 0.246 e. The maximum Gasteiger partial charge on any atom is 0.246 e. The predicted octanol–water partition coefficient (Wildman–Crippen LogP) is 4.46. The summed E-state index contributed by atoms with van der Waals surface area (Å²) in [7, 11) is 1.48. The van der Waals surface area contributed by atoms with E-state index in [4.69, 9.17) is 0 Å². The molecule has 244 valence electrons. The van der Waals surface area contributed by atoms with E-state index in [1.807, 2.05) is 42.5 Å². The average Bonchev–Trinajstić information content (AvgIpc) is 2.95. The van der Waals surface area contributed by atoms with Crippen molar-refractivity contribution in [2.75, 3.05) is 7.05 Å². The molecule has 0 radical (unpaired) electrons. The van der Waals surface area contributed by atoms with Gasteiger partial charge in [0.1, 0.15) is 23.6 Å². The second kappa shape index (κ2) is 15.7. The minimum atomic E-state index is -1.18. The number of benzene rings is 2. The van der Waals surface area contributed by atoms with Crippen molar-refractivity contribution in [3.05, 3.63) is 68.8 Å². The number of rotatable bonds is 9. The molecule has 0 saturated carbocycles. The number of likely N-dealkylation sites (N-methyl/N-ethyl adjacent to an activating group) is 1. The Hall–Kier alpha value is -3.45. The summed E-state index contributed by atoms with van der Waals surface area (Å²) in [5.41, 5.74) is 2.21. The van der Waals surface area contributed by atoms with Crippen molar-refractivity contribution in [1.82, 2.24) is 15.1 Å². The van der Waals surface area contributed by atoms with Gasteiger partial charge >= 0.3 is 0 Å². The molecule has 1 aliphatic heterocycles. The number of halogens is 1. The third-order valence-corrected chi connectivity index (χ3v) is 9.00. The van der Waals surface area contributed by atoms with Gasteiger partial charge in [-0.2, -0.15) is 0 Å². The number of hydrogen-bond acceptors (Lipinski definition) is 7. The maximum atomic E-state index is 13.9. The number of hydrogen-bond donors (Lipinski definition) is 4. The van der Waals surface area contributed by atoms with E-state index in [2.05, 4.69) is 5.32 Å². The van der Waals surface area contributed by atoms with Crippen molar-refractivity contribution in [1.29, 1.82) is 0 Å². The molecule has 1 heterocycles. The molecule has 4 N–H and O–H groups in total. The molecule has 1 saturated heterocycles. The summed E-state index contributed by atoms with van der Waals surface area (Å²) < 4.78 is 0.593. The van der Waals surface area contributed by atoms with Gasteiger partial charge in [0.2, 0.25) is 23.6 Å². The normalized spacial score (nSPS) is 22.1. The van der Waals surface area contributed by atoms with E-state index < -0.39 is 53.8 Å². The number of aromatic hydroxyl groups is 2. The number of carbonyl (C=O) groups is 4. The Morgan fingerprint density at radius 3 is 2.33 bits per heavy atom. The van der Waals surface area contributed by atoms with Crippen molar-refractivity contribution in [2.24, 2.45) is 11.8 Å². The number of nitrogens with one attached hydrogen (secondary N) is 1. The fraction of sp³-hybridized carbons (Fsp3) is 0.471. The number of phenolic OH excluding ortho intramolecular Hbond substituents is 2. The maximum absolute atomic E-state index is 13.9. The first-order valence-electron chi connectivity index (χ1n) is 15.1. The number of phenols is 2. The molecule has 3 rings (SSSR count). The topological polar surface area (TPSA) is 147 Å². The Morgan fingerprint density at radius 1 is 1.09 bits per heavy atom. The molecule has 4 amide bonds. The van der Waals surface area contributed by atoms with E-state index in [0.717, 1.165) is 10.5 Å². The average molecular weight is 734 g/mol. The second-order valence-corrected chi connectivity index (χ2v) is 13.4. The molecule has 0 aromatic heterocycles. The van der Waals surface area contributed by atoms with Crippen LogP contribution in [0.1, 0.15) is 71.0 Å². The van der Waals surface area contributed by atoms with Crippen molar-refractivity contribution in [3.63, 3.8) is 0 Å². The first kappa shape index (κ1) is 36.0. The zero-order chi connectivity index (χ0) is 33.6. The number of carbonyl (C=O) groups excluding carboxylic acids is 4. The molecule has 2 aromatic rings. The standard InChI is InChI=1S/C34H44IN3O7/c1-19(13-20(2)15-22(4)39)14-21(3)33(44)38-23(5)34(45)37(6)29(17-24-7-12-30(41)27(35)16-24)32(43)36-28(18-31(38)42)25-8-10-26(40)11-9-25/h7-13,16,20-23,28-29,39-41H,14-15,17-18H2,1-6H3,(H,36,43). The number of imide groups is 1. The van der Waals surface area contributed by atoms with Gasteiger partial charge in [-0.3, -0.25) is 24.1 Å². The summed E-state index contributed by atoms with van der Waals surface area (Å²) in [5.74, 6) is -2.53.